The van der Waals surface area contributed by atoms with Gasteiger partial charge < -0.3 is 19.4 Å². The SMILES string of the molecule is Cn1ncc(Cl)c1C1CCN(c2cc(N3CC(N4CCN(C(=O)OC(C)(C)C)CC4)C3)c(C#N)c(C(F)F)n2)C2CC12. The Morgan fingerprint density at radius 1 is 1.19 bits per heavy atom. The van der Waals surface area contributed by atoms with Gasteiger partial charge in [-0.25, -0.2) is 18.6 Å². The van der Waals surface area contributed by atoms with Gasteiger partial charge in [-0.1, -0.05) is 11.6 Å². The summed E-state index contributed by atoms with van der Waals surface area (Å²) in [6, 6.07) is 4.26. The highest BCUT2D eigenvalue weighted by Crippen LogP contribution is 2.53. The van der Waals surface area contributed by atoms with Crippen molar-refractivity contribution in [2.75, 3.05) is 55.6 Å². The van der Waals surface area contributed by atoms with Crippen molar-refractivity contribution in [1.29, 1.82) is 5.26 Å². The number of pyridine rings is 1. The normalized spacial score (nSPS) is 24.8. The van der Waals surface area contributed by atoms with Gasteiger partial charge in [0, 0.05) is 76.9 Å². The third-order valence-corrected chi connectivity index (χ3v) is 9.29. The number of piperazine rings is 1. The van der Waals surface area contributed by atoms with Gasteiger partial charge in [0.15, 0.2) is 0 Å². The predicted molar refractivity (Wildman–Crippen MR) is 154 cm³/mol. The Morgan fingerprint density at radius 3 is 2.50 bits per heavy atom. The largest absolute Gasteiger partial charge is 0.444 e. The van der Waals surface area contributed by atoms with Gasteiger partial charge in [0.25, 0.3) is 6.43 Å². The summed E-state index contributed by atoms with van der Waals surface area (Å²) in [7, 11) is 1.90. The Hall–Kier alpha value is -3.17. The van der Waals surface area contributed by atoms with Crippen LogP contribution in [0.25, 0.3) is 0 Å². The van der Waals surface area contributed by atoms with E-state index in [1.165, 1.54) is 0 Å². The lowest BCUT2D eigenvalue weighted by atomic mass is 9.92. The molecule has 0 N–H and O–H groups in total. The summed E-state index contributed by atoms with van der Waals surface area (Å²) in [4.78, 5) is 25.0. The van der Waals surface area contributed by atoms with Crippen LogP contribution in [-0.2, 0) is 11.8 Å². The van der Waals surface area contributed by atoms with Crippen LogP contribution >= 0.6 is 11.6 Å². The van der Waals surface area contributed by atoms with Gasteiger partial charge in [-0.15, -0.1) is 0 Å². The molecule has 3 atom stereocenters. The summed E-state index contributed by atoms with van der Waals surface area (Å²) in [6.45, 7) is 10.1. The summed E-state index contributed by atoms with van der Waals surface area (Å²) in [6.07, 6.45) is 0.282. The third kappa shape index (κ3) is 5.37. The molecule has 5 heterocycles. The first-order valence-electron chi connectivity index (χ1n) is 14.6. The molecule has 2 aromatic rings. The number of alkyl halides is 2. The van der Waals surface area contributed by atoms with Crippen molar-refractivity contribution >= 4 is 29.2 Å². The molecule has 0 aromatic carbocycles. The molecule has 0 spiro atoms. The number of hydrogen-bond acceptors (Lipinski definition) is 8. The number of aryl methyl sites for hydroxylation is 1. The average molecular weight is 603 g/mol. The monoisotopic (exact) mass is 602 g/mol. The summed E-state index contributed by atoms with van der Waals surface area (Å²) >= 11 is 6.44. The number of carbonyl (C=O) groups excluding carboxylic acids is 1. The van der Waals surface area contributed by atoms with Crippen LogP contribution in [0.2, 0.25) is 5.02 Å². The second kappa shape index (κ2) is 10.8. The van der Waals surface area contributed by atoms with E-state index in [0.717, 1.165) is 18.5 Å². The Kier molecular flexibility index (Phi) is 7.46. The molecule has 42 heavy (non-hydrogen) atoms. The van der Waals surface area contributed by atoms with Crippen LogP contribution in [0.15, 0.2) is 12.3 Å². The highest BCUT2D eigenvalue weighted by atomic mass is 35.5. The molecule has 3 aliphatic heterocycles. The highest BCUT2D eigenvalue weighted by molar-refractivity contribution is 6.31. The van der Waals surface area contributed by atoms with Gasteiger partial charge in [-0.3, -0.25) is 9.58 Å². The van der Waals surface area contributed by atoms with E-state index < -0.39 is 17.7 Å². The second-order valence-electron chi connectivity index (χ2n) is 12.8. The molecule has 1 saturated carbocycles. The van der Waals surface area contributed by atoms with Crippen LogP contribution in [0.1, 0.15) is 62.9 Å². The predicted octanol–water partition coefficient (Wildman–Crippen LogP) is 4.40. The molecule has 0 bridgehead atoms. The summed E-state index contributed by atoms with van der Waals surface area (Å²) < 4.78 is 35.8. The average Bonchev–Trinajstić information content (AvgIpc) is 3.65. The molecule has 6 rings (SSSR count). The number of carbonyl (C=O) groups is 1. The lowest BCUT2D eigenvalue weighted by molar-refractivity contribution is 0.00875. The Morgan fingerprint density at radius 2 is 1.90 bits per heavy atom. The molecule has 1 amide bonds. The summed E-state index contributed by atoms with van der Waals surface area (Å²) in [5.41, 5.74) is 0.518. The maximum atomic E-state index is 14.2. The lowest BCUT2D eigenvalue weighted by Crippen LogP contribution is -2.63. The molecule has 226 valence electrons. The van der Waals surface area contributed by atoms with E-state index in [-0.39, 0.29) is 29.7 Å². The zero-order chi connectivity index (χ0) is 29.9. The lowest BCUT2D eigenvalue weighted by Gasteiger charge is -2.49. The van der Waals surface area contributed by atoms with Crippen LogP contribution in [-0.4, -0.2) is 94.2 Å². The summed E-state index contributed by atoms with van der Waals surface area (Å²) in [5.74, 6) is 1.14. The first-order valence-corrected chi connectivity index (χ1v) is 15.0. The number of rotatable bonds is 5. The van der Waals surface area contributed by atoms with Crippen LogP contribution in [0.5, 0.6) is 0 Å². The first kappa shape index (κ1) is 28.9. The fraction of sp³-hybridized carbons (Fsp3) is 0.655. The van der Waals surface area contributed by atoms with Gasteiger partial charge >= 0.3 is 6.09 Å². The van der Waals surface area contributed by atoms with Crippen molar-refractivity contribution in [3.8, 4) is 6.07 Å². The van der Waals surface area contributed by atoms with Crippen molar-refractivity contribution in [2.45, 2.75) is 63.6 Å². The van der Waals surface area contributed by atoms with Crippen molar-refractivity contribution < 1.29 is 18.3 Å². The number of amides is 1. The van der Waals surface area contributed by atoms with E-state index in [1.54, 1.807) is 11.1 Å². The zero-order valence-corrected chi connectivity index (χ0v) is 25.2. The summed E-state index contributed by atoms with van der Waals surface area (Å²) in [5, 5.41) is 14.9. The number of aromatic nitrogens is 3. The molecule has 10 nitrogen and oxygen atoms in total. The Balaban J connectivity index is 1.14. The second-order valence-corrected chi connectivity index (χ2v) is 13.2. The van der Waals surface area contributed by atoms with E-state index in [0.29, 0.717) is 68.3 Å². The smallest absolute Gasteiger partial charge is 0.410 e. The fourth-order valence-corrected chi connectivity index (χ4v) is 7.10. The van der Waals surface area contributed by atoms with Gasteiger partial charge in [0.2, 0.25) is 0 Å². The number of hydrogen-bond donors (Lipinski definition) is 0. The molecule has 1 aliphatic carbocycles. The van der Waals surface area contributed by atoms with Crippen molar-refractivity contribution in [1.82, 2.24) is 24.6 Å². The quantitative estimate of drug-likeness (QED) is 0.497. The maximum Gasteiger partial charge on any atom is 0.410 e. The minimum atomic E-state index is -2.85. The molecule has 3 saturated heterocycles. The number of ether oxygens (including phenoxy) is 1. The standard InChI is InChI=1S/C29H37ClF2N8O2/c1-29(2,3)42-28(41)38-9-7-37(8-10-38)17-15-39(16-17)22-12-24(35-25(27(31)32)20(22)13-33)40-6-5-18(19-11-23(19)40)26-21(30)14-34-36(26)4/h12,14,17-19,23,27H,5-11,15-16H2,1-4H3. The number of anilines is 2. The van der Waals surface area contributed by atoms with Crippen LogP contribution < -0.4 is 9.80 Å². The molecular formula is C29H37ClF2N8O2. The molecule has 2 aromatic heterocycles. The molecule has 4 aliphatic rings. The van der Waals surface area contributed by atoms with E-state index in [2.05, 4.69) is 19.9 Å². The topological polar surface area (TPSA) is 93.8 Å². The maximum absolute atomic E-state index is 14.2. The third-order valence-electron chi connectivity index (χ3n) is 9.00. The van der Waals surface area contributed by atoms with Gasteiger partial charge in [0.1, 0.15) is 28.7 Å². The van der Waals surface area contributed by atoms with Gasteiger partial charge in [-0.2, -0.15) is 10.4 Å². The van der Waals surface area contributed by atoms with Crippen LogP contribution in [0.3, 0.4) is 0 Å². The van der Waals surface area contributed by atoms with Crippen molar-refractivity contribution in [3.05, 3.63) is 34.2 Å². The van der Waals surface area contributed by atoms with E-state index >= 15 is 0 Å². The Bertz CT molecular complexity index is 1370. The fourth-order valence-electron chi connectivity index (χ4n) is 6.80. The van der Waals surface area contributed by atoms with Gasteiger partial charge in [-0.05, 0) is 39.5 Å². The zero-order valence-electron chi connectivity index (χ0n) is 24.4. The van der Waals surface area contributed by atoms with E-state index in [9.17, 15) is 18.8 Å². The highest BCUT2D eigenvalue weighted by Gasteiger charge is 2.52. The number of nitriles is 1. The van der Waals surface area contributed by atoms with Gasteiger partial charge in [0.05, 0.1) is 22.6 Å². The van der Waals surface area contributed by atoms with Crippen molar-refractivity contribution in [3.63, 3.8) is 0 Å². The molecule has 0 radical (unpaired) electrons. The number of fused-ring (bicyclic) bond motifs is 1. The van der Waals surface area contributed by atoms with Crippen LogP contribution in [0, 0.1) is 17.2 Å². The van der Waals surface area contributed by atoms with Crippen molar-refractivity contribution in [2.24, 2.45) is 13.0 Å². The number of piperidine rings is 1. The number of halogens is 3. The number of nitrogens with zero attached hydrogens (tertiary/aromatic N) is 8. The minimum Gasteiger partial charge on any atom is -0.444 e. The van der Waals surface area contributed by atoms with E-state index in [1.807, 2.05) is 49.5 Å². The van der Waals surface area contributed by atoms with Crippen LogP contribution in [0.4, 0.5) is 25.1 Å². The molecule has 4 fully saturated rings. The Labute approximate surface area is 249 Å². The van der Waals surface area contributed by atoms with E-state index in [4.69, 9.17) is 16.3 Å². The first-order chi connectivity index (χ1) is 19.9. The molecular weight excluding hydrogens is 566 g/mol. The minimum absolute atomic E-state index is 0.0501. The molecule has 3 unspecified atom stereocenters. The molecule has 13 heteroatoms.